The van der Waals surface area contributed by atoms with Gasteiger partial charge in [-0.15, -0.1) is 0 Å². The number of nitro groups is 1. The van der Waals surface area contributed by atoms with Crippen LogP contribution in [0.25, 0.3) is 6.08 Å². The van der Waals surface area contributed by atoms with E-state index in [9.17, 15) is 19.7 Å². The lowest BCUT2D eigenvalue weighted by Gasteiger charge is -2.25. The van der Waals surface area contributed by atoms with Crippen LogP contribution in [-0.4, -0.2) is 29.7 Å². The van der Waals surface area contributed by atoms with Gasteiger partial charge in [0.05, 0.1) is 46.0 Å². The minimum atomic E-state index is -0.699. The Balaban J connectivity index is 1.54. The summed E-state index contributed by atoms with van der Waals surface area (Å²) in [5.41, 5.74) is 2.62. The van der Waals surface area contributed by atoms with Crippen molar-refractivity contribution in [3.05, 3.63) is 130 Å². The van der Waals surface area contributed by atoms with Gasteiger partial charge in [-0.25, -0.2) is 9.79 Å². The van der Waals surface area contributed by atoms with Crippen LogP contribution >= 0.6 is 22.9 Å². The van der Waals surface area contributed by atoms with Gasteiger partial charge in [-0.2, -0.15) is 0 Å². The predicted molar refractivity (Wildman–Crippen MR) is 162 cm³/mol. The van der Waals surface area contributed by atoms with E-state index in [1.54, 1.807) is 30.3 Å². The van der Waals surface area contributed by atoms with Crippen LogP contribution in [0.5, 0.6) is 11.5 Å². The Hall–Kier alpha value is -4.74. The molecule has 43 heavy (non-hydrogen) atoms. The average Bonchev–Trinajstić information content (AvgIpc) is 3.33. The molecule has 4 aromatic rings. The van der Waals surface area contributed by atoms with Crippen molar-refractivity contribution in [2.75, 3.05) is 14.2 Å². The molecule has 12 heteroatoms. The first-order chi connectivity index (χ1) is 20.7. The number of allylic oxidation sites excluding steroid dienone is 1. The molecule has 0 aliphatic carbocycles. The zero-order valence-corrected chi connectivity index (χ0v) is 25.0. The first-order valence-electron chi connectivity index (χ1n) is 13.2. The predicted octanol–water partition coefficient (Wildman–Crippen LogP) is 4.95. The second kappa shape index (κ2) is 12.6. The molecule has 0 radical (unpaired) electrons. The van der Waals surface area contributed by atoms with E-state index in [1.165, 1.54) is 42.3 Å². The van der Waals surface area contributed by atoms with Gasteiger partial charge in [0.2, 0.25) is 0 Å². The number of non-ortho nitro benzene ring substituents is 1. The van der Waals surface area contributed by atoms with Crippen LogP contribution in [0.15, 0.2) is 87.8 Å². The maximum absolute atomic E-state index is 13.9. The highest BCUT2D eigenvalue weighted by Gasteiger charge is 2.33. The van der Waals surface area contributed by atoms with Gasteiger partial charge in [-0.1, -0.05) is 60.2 Å². The Morgan fingerprint density at radius 2 is 1.86 bits per heavy atom. The third-order valence-corrected chi connectivity index (χ3v) is 8.11. The second-order valence-electron chi connectivity index (χ2n) is 9.45. The molecule has 1 aliphatic rings. The second-order valence-corrected chi connectivity index (χ2v) is 10.9. The Morgan fingerprint density at radius 1 is 1.14 bits per heavy atom. The number of thiazole rings is 1. The van der Waals surface area contributed by atoms with Gasteiger partial charge in [-0.3, -0.25) is 19.5 Å². The van der Waals surface area contributed by atoms with Crippen LogP contribution in [0.3, 0.4) is 0 Å². The first-order valence-corrected chi connectivity index (χ1v) is 14.4. The zero-order valence-electron chi connectivity index (χ0n) is 23.4. The van der Waals surface area contributed by atoms with Gasteiger partial charge in [0, 0.05) is 12.1 Å². The number of hydrogen-bond acceptors (Lipinski definition) is 9. The lowest BCUT2D eigenvalue weighted by Crippen LogP contribution is -2.40. The summed E-state index contributed by atoms with van der Waals surface area (Å²) in [4.78, 5) is 42.4. The van der Waals surface area contributed by atoms with E-state index in [-0.39, 0.29) is 22.9 Å². The van der Waals surface area contributed by atoms with E-state index >= 15 is 0 Å². The van der Waals surface area contributed by atoms with Crippen molar-refractivity contribution in [3.63, 3.8) is 0 Å². The number of carbonyl (C=O) groups excluding carboxylic acids is 1. The Labute approximate surface area is 254 Å². The number of esters is 1. The Morgan fingerprint density at radius 3 is 2.49 bits per heavy atom. The molecule has 1 atom stereocenters. The molecule has 1 aliphatic heterocycles. The standard InChI is InChI=1S/C31H26ClN3O7S/c1-4-23-26(30(37)41-3)27(20-8-6-5-7-9-20)34-29(36)25(43-31(34)33-23)16-19-14-22(32)28(24(15-19)40-2)42-17-18-10-12-21(13-11-18)35(38)39/h5-16,27H,4,17H2,1-3H3/b25-16-/t27-/m1/s1. The number of nitrogens with zero attached hydrogens (tertiary/aromatic N) is 3. The van der Waals surface area contributed by atoms with Crippen molar-refractivity contribution in [2.24, 2.45) is 4.99 Å². The van der Waals surface area contributed by atoms with Gasteiger partial charge in [-0.05, 0) is 53.5 Å². The molecule has 2 heterocycles. The number of hydrogen-bond donors (Lipinski definition) is 0. The highest BCUT2D eigenvalue weighted by molar-refractivity contribution is 7.07. The molecule has 0 fully saturated rings. The number of fused-ring (bicyclic) bond motifs is 1. The normalized spacial score (nSPS) is 14.6. The topological polar surface area (TPSA) is 122 Å². The molecule has 1 aromatic heterocycles. The molecule has 0 spiro atoms. The SMILES string of the molecule is CCC1=C(C(=O)OC)[C@@H](c2ccccc2)n2c(s/c(=C\c3cc(Cl)c(OCc4ccc([N+](=O)[O-])cc4)c(OC)c3)c2=O)=N1. The summed E-state index contributed by atoms with van der Waals surface area (Å²) < 4.78 is 18.5. The van der Waals surface area contributed by atoms with Gasteiger partial charge >= 0.3 is 5.97 Å². The van der Waals surface area contributed by atoms with Crippen molar-refractivity contribution < 1.29 is 23.9 Å². The van der Waals surface area contributed by atoms with Crippen molar-refractivity contribution in [2.45, 2.75) is 26.0 Å². The van der Waals surface area contributed by atoms with Gasteiger partial charge in [0.1, 0.15) is 6.61 Å². The minimum absolute atomic E-state index is 0.0171. The third-order valence-electron chi connectivity index (χ3n) is 6.85. The maximum Gasteiger partial charge on any atom is 0.338 e. The van der Waals surface area contributed by atoms with Crippen LogP contribution < -0.4 is 24.4 Å². The fourth-order valence-electron chi connectivity index (χ4n) is 4.80. The lowest BCUT2D eigenvalue weighted by atomic mass is 9.95. The quantitative estimate of drug-likeness (QED) is 0.148. The molecule has 220 valence electrons. The van der Waals surface area contributed by atoms with E-state index in [0.717, 1.165) is 5.56 Å². The third kappa shape index (κ3) is 5.95. The molecule has 0 amide bonds. The Kier molecular flexibility index (Phi) is 8.74. The molecular weight excluding hydrogens is 594 g/mol. The number of methoxy groups -OCH3 is 2. The minimum Gasteiger partial charge on any atom is -0.493 e. The average molecular weight is 620 g/mol. The zero-order chi connectivity index (χ0) is 30.7. The largest absolute Gasteiger partial charge is 0.493 e. The number of halogens is 1. The maximum atomic E-state index is 13.9. The van der Waals surface area contributed by atoms with E-state index in [4.69, 9.17) is 25.8 Å². The first kappa shape index (κ1) is 29.7. The van der Waals surface area contributed by atoms with Crippen molar-refractivity contribution in [3.8, 4) is 11.5 Å². The fourth-order valence-corrected chi connectivity index (χ4v) is 6.09. The molecule has 0 saturated heterocycles. The number of benzene rings is 3. The van der Waals surface area contributed by atoms with Gasteiger partial charge in [0.15, 0.2) is 16.3 Å². The summed E-state index contributed by atoms with van der Waals surface area (Å²) in [5, 5.41) is 11.2. The van der Waals surface area contributed by atoms with Crippen LogP contribution in [0.4, 0.5) is 5.69 Å². The van der Waals surface area contributed by atoms with Crippen molar-refractivity contribution in [1.82, 2.24) is 4.57 Å². The van der Waals surface area contributed by atoms with Crippen LogP contribution in [-0.2, 0) is 16.1 Å². The smallest absolute Gasteiger partial charge is 0.338 e. The number of rotatable bonds is 9. The van der Waals surface area contributed by atoms with Crippen LogP contribution in [0, 0.1) is 10.1 Å². The van der Waals surface area contributed by atoms with Crippen molar-refractivity contribution >= 4 is 40.7 Å². The van der Waals surface area contributed by atoms with E-state index in [0.29, 0.717) is 49.7 Å². The summed E-state index contributed by atoms with van der Waals surface area (Å²) in [6.07, 6.45) is 2.17. The van der Waals surface area contributed by atoms with Crippen molar-refractivity contribution in [1.29, 1.82) is 0 Å². The fraction of sp³-hybridized carbons (Fsp3) is 0.194. The summed E-state index contributed by atoms with van der Waals surface area (Å²) in [5.74, 6) is 0.0990. The molecule has 3 aromatic carbocycles. The van der Waals surface area contributed by atoms with Crippen LogP contribution in [0.1, 0.15) is 36.1 Å². The summed E-state index contributed by atoms with van der Waals surface area (Å²) in [6, 6.07) is 18.0. The van der Waals surface area contributed by atoms with E-state index in [2.05, 4.69) is 4.99 Å². The molecular formula is C31H26ClN3O7S. The summed E-state index contributed by atoms with van der Waals surface area (Å²) in [7, 11) is 2.79. The Bertz CT molecular complexity index is 1920. The summed E-state index contributed by atoms with van der Waals surface area (Å²) in [6.45, 7) is 2.01. The molecule has 5 rings (SSSR count). The summed E-state index contributed by atoms with van der Waals surface area (Å²) >= 11 is 7.80. The molecule has 0 unspecified atom stereocenters. The number of nitro benzene ring substituents is 1. The molecule has 0 N–H and O–H groups in total. The number of ether oxygens (including phenoxy) is 3. The van der Waals surface area contributed by atoms with E-state index in [1.807, 2.05) is 37.3 Å². The van der Waals surface area contributed by atoms with Crippen LogP contribution in [0.2, 0.25) is 5.02 Å². The molecule has 0 bridgehead atoms. The molecule has 10 nitrogen and oxygen atoms in total. The number of aromatic nitrogens is 1. The molecule has 0 saturated carbocycles. The van der Waals surface area contributed by atoms with E-state index < -0.39 is 16.9 Å². The van der Waals surface area contributed by atoms with Gasteiger partial charge in [0.25, 0.3) is 11.2 Å². The highest BCUT2D eigenvalue weighted by Crippen LogP contribution is 2.37. The number of carbonyl (C=O) groups is 1. The highest BCUT2D eigenvalue weighted by atomic mass is 35.5. The monoisotopic (exact) mass is 619 g/mol. The van der Waals surface area contributed by atoms with Gasteiger partial charge < -0.3 is 14.2 Å². The lowest BCUT2D eigenvalue weighted by molar-refractivity contribution is -0.384.